The molecule has 0 radical (unpaired) electrons. The van der Waals surface area contributed by atoms with Gasteiger partial charge in [0.15, 0.2) is 4.80 Å². The van der Waals surface area contributed by atoms with Gasteiger partial charge in [-0.05, 0) is 82.0 Å². The van der Waals surface area contributed by atoms with E-state index in [-0.39, 0.29) is 17.7 Å². The van der Waals surface area contributed by atoms with Gasteiger partial charge in [-0.2, -0.15) is 0 Å². The van der Waals surface area contributed by atoms with Crippen LogP contribution in [0.5, 0.6) is 5.75 Å². The van der Waals surface area contributed by atoms with Crippen LogP contribution in [0.4, 0.5) is 4.39 Å². The molecule has 2 heterocycles. The largest absolute Gasteiger partial charge is 0.488 e. The van der Waals surface area contributed by atoms with Gasteiger partial charge in [0.1, 0.15) is 18.2 Å². The Kier molecular flexibility index (Phi) is 9.25. The number of benzene rings is 4. The molecule has 0 spiro atoms. The average Bonchev–Trinajstić information content (AvgIpc) is 3.35. The molecular formula is C35H25Br2FN2O4S. The molecular weight excluding hydrogens is 723 g/mol. The number of ether oxygens (including phenoxy) is 2. The quantitative estimate of drug-likeness (QED) is 0.158. The van der Waals surface area contributed by atoms with Crippen molar-refractivity contribution in [3.63, 3.8) is 0 Å². The minimum absolute atomic E-state index is 0.142. The normalized spacial score (nSPS) is 14.6. The van der Waals surface area contributed by atoms with E-state index in [1.807, 2.05) is 72.8 Å². The average molecular weight is 748 g/mol. The number of aromatic nitrogens is 1. The molecule has 6 rings (SSSR count). The Bertz CT molecular complexity index is 2090. The van der Waals surface area contributed by atoms with Gasteiger partial charge in [-0.1, -0.05) is 87.9 Å². The first-order valence-corrected chi connectivity index (χ1v) is 16.4. The van der Waals surface area contributed by atoms with Crippen LogP contribution in [0.3, 0.4) is 0 Å². The molecule has 0 saturated carbocycles. The van der Waals surface area contributed by atoms with Crippen molar-refractivity contribution < 1.29 is 18.7 Å². The number of thiazole rings is 1. The molecule has 0 bridgehead atoms. The highest BCUT2D eigenvalue weighted by atomic mass is 79.9. The minimum Gasteiger partial charge on any atom is -0.488 e. The van der Waals surface area contributed by atoms with Gasteiger partial charge in [-0.25, -0.2) is 14.2 Å². The molecule has 5 aromatic rings. The van der Waals surface area contributed by atoms with Gasteiger partial charge in [-0.15, -0.1) is 0 Å². The molecule has 226 valence electrons. The van der Waals surface area contributed by atoms with Crippen LogP contribution in [-0.4, -0.2) is 17.1 Å². The number of fused-ring (bicyclic) bond motifs is 1. The maximum absolute atomic E-state index is 14.1. The standard InChI is InChI=1S/C35H25Br2FN2O4S/c1-2-43-34(42)30-31(23-6-4-3-5-7-23)39-35-40(32(30)24-11-15-26(38)16-12-24)33(41)29(45-35)19-22-10-17-28(27(37)18-22)44-20-21-8-13-25(36)14-9-21/h3-19,32H,2,20H2,1H3/b29-19-/t32-/m1/s1. The third-order valence-electron chi connectivity index (χ3n) is 7.12. The molecule has 1 atom stereocenters. The van der Waals surface area contributed by atoms with Gasteiger partial charge in [0, 0.05) is 10.0 Å². The summed E-state index contributed by atoms with van der Waals surface area (Å²) in [4.78, 5) is 32.9. The summed E-state index contributed by atoms with van der Waals surface area (Å²) >= 11 is 8.26. The van der Waals surface area contributed by atoms with Crippen molar-refractivity contribution in [1.29, 1.82) is 0 Å². The monoisotopic (exact) mass is 746 g/mol. The maximum Gasteiger partial charge on any atom is 0.338 e. The lowest BCUT2D eigenvalue weighted by Crippen LogP contribution is -2.40. The summed E-state index contributed by atoms with van der Waals surface area (Å²) < 4.78 is 29.1. The molecule has 1 aromatic heterocycles. The Balaban J connectivity index is 1.45. The fourth-order valence-electron chi connectivity index (χ4n) is 5.02. The molecule has 0 N–H and O–H groups in total. The fourth-order valence-corrected chi connectivity index (χ4v) is 6.79. The van der Waals surface area contributed by atoms with Gasteiger partial charge < -0.3 is 9.47 Å². The number of carbonyl (C=O) groups excluding carboxylic acids is 1. The topological polar surface area (TPSA) is 69.9 Å². The molecule has 4 aromatic carbocycles. The molecule has 10 heteroatoms. The second kappa shape index (κ2) is 13.5. The number of rotatable bonds is 8. The Morgan fingerprint density at radius 3 is 2.42 bits per heavy atom. The summed E-state index contributed by atoms with van der Waals surface area (Å²) in [5.41, 5.74) is 3.36. The van der Waals surface area contributed by atoms with Crippen LogP contribution in [0.1, 0.15) is 35.2 Å². The molecule has 45 heavy (non-hydrogen) atoms. The third kappa shape index (κ3) is 6.63. The Hall–Kier alpha value is -4.12. The van der Waals surface area contributed by atoms with Crippen molar-refractivity contribution in [2.24, 2.45) is 4.99 Å². The predicted molar refractivity (Wildman–Crippen MR) is 180 cm³/mol. The van der Waals surface area contributed by atoms with Crippen molar-refractivity contribution in [2.75, 3.05) is 6.61 Å². The third-order valence-corrected chi connectivity index (χ3v) is 9.25. The summed E-state index contributed by atoms with van der Waals surface area (Å²) in [7, 11) is 0. The molecule has 0 aliphatic carbocycles. The van der Waals surface area contributed by atoms with Gasteiger partial charge in [0.05, 0.1) is 32.9 Å². The van der Waals surface area contributed by atoms with Crippen molar-refractivity contribution >= 4 is 60.9 Å². The Morgan fingerprint density at radius 1 is 1.00 bits per heavy atom. The highest BCUT2D eigenvalue weighted by Gasteiger charge is 2.35. The van der Waals surface area contributed by atoms with E-state index in [0.717, 1.165) is 20.1 Å². The van der Waals surface area contributed by atoms with Crippen LogP contribution in [-0.2, 0) is 16.1 Å². The predicted octanol–water partition coefficient (Wildman–Crippen LogP) is 7.18. The first kappa shape index (κ1) is 30.9. The maximum atomic E-state index is 14.1. The van der Waals surface area contributed by atoms with Crippen LogP contribution in [0.2, 0.25) is 0 Å². The van der Waals surface area contributed by atoms with Crippen LogP contribution >= 0.6 is 43.2 Å². The summed E-state index contributed by atoms with van der Waals surface area (Å²) in [6, 6.07) is 27.7. The highest BCUT2D eigenvalue weighted by Crippen LogP contribution is 2.35. The van der Waals surface area contributed by atoms with Crippen molar-refractivity contribution in [1.82, 2.24) is 4.57 Å². The van der Waals surface area contributed by atoms with Crippen LogP contribution in [0.25, 0.3) is 11.8 Å². The fraction of sp³-hybridized carbons (Fsp3) is 0.114. The SMILES string of the molecule is CCOC(=O)C1=C(c2ccccc2)N=c2s/c(=C\c3ccc(OCc4ccc(Br)cc4)c(Br)c3)c(=O)n2[C@@H]1c1ccc(F)cc1. The molecule has 1 aliphatic rings. The van der Waals surface area contributed by atoms with E-state index in [9.17, 15) is 14.0 Å². The number of esters is 1. The lowest BCUT2D eigenvalue weighted by Gasteiger charge is -2.25. The zero-order valence-corrected chi connectivity index (χ0v) is 27.9. The molecule has 0 saturated heterocycles. The van der Waals surface area contributed by atoms with Crippen molar-refractivity contribution in [3.8, 4) is 5.75 Å². The van der Waals surface area contributed by atoms with Crippen LogP contribution in [0, 0.1) is 5.82 Å². The second-order valence-corrected chi connectivity index (χ2v) is 12.9. The van der Waals surface area contributed by atoms with E-state index < -0.39 is 17.8 Å². The van der Waals surface area contributed by atoms with E-state index in [4.69, 9.17) is 14.5 Å². The smallest absolute Gasteiger partial charge is 0.338 e. The minimum atomic E-state index is -0.876. The van der Waals surface area contributed by atoms with Gasteiger partial charge in [0.2, 0.25) is 0 Å². The Morgan fingerprint density at radius 2 is 1.73 bits per heavy atom. The number of hydrogen-bond acceptors (Lipinski definition) is 6. The number of nitrogens with zero attached hydrogens (tertiary/aromatic N) is 2. The molecule has 6 nitrogen and oxygen atoms in total. The van der Waals surface area contributed by atoms with E-state index in [2.05, 4.69) is 31.9 Å². The first-order chi connectivity index (χ1) is 21.8. The zero-order valence-electron chi connectivity index (χ0n) is 23.9. The lowest BCUT2D eigenvalue weighted by atomic mass is 9.93. The molecule has 0 amide bonds. The van der Waals surface area contributed by atoms with Gasteiger partial charge in [0.25, 0.3) is 5.56 Å². The summed E-state index contributed by atoms with van der Waals surface area (Å²) in [5, 5.41) is 0. The zero-order chi connectivity index (χ0) is 31.5. The van der Waals surface area contributed by atoms with E-state index in [0.29, 0.717) is 38.5 Å². The number of halogens is 3. The van der Waals surface area contributed by atoms with E-state index in [1.165, 1.54) is 28.0 Å². The number of carbonyl (C=O) groups is 1. The van der Waals surface area contributed by atoms with Crippen LogP contribution < -0.4 is 19.6 Å². The highest BCUT2D eigenvalue weighted by molar-refractivity contribution is 9.10. The molecule has 0 unspecified atom stereocenters. The van der Waals surface area contributed by atoms with Gasteiger partial charge in [-0.3, -0.25) is 9.36 Å². The van der Waals surface area contributed by atoms with Gasteiger partial charge >= 0.3 is 5.97 Å². The van der Waals surface area contributed by atoms with Crippen molar-refractivity contribution in [3.05, 3.63) is 159 Å². The van der Waals surface area contributed by atoms with E-state index >= 15 is 0 Å². The first-order valence-electron chi connectivity index (χ1n) is 14.0. The lowest BCUT2D eigenvalue weighted by molar-refractivity contribution is -0.138. The van der Waals surface area contributed by atoms with Crippen molar-refractivity contribution in [2.45, 2.75) is 19.6 Å². The molecule has 0 fully saturated rings. The number of hydrogen-bond donors (Lipinski definition) is 0. The molecule has 1 aliphatic heterocycles. The second-order valence-electron chi connectivity index (χ2n) is 10.1. The van der Waals surface area contributed by atoms with Crippen LogP contribution in [0.15, 0.2) is 121 Å². The summed E-state index contributed by atoms with van der Waals surface area (Å²) in [6.45, 7) is 2.26. The summed E-state index contributed by atoms with van der Waals surface area (Å²) in [5.74, 6) is -0.350. The Labute approximate surface area is 279 Å². The summed E-state index contributed by atoms with van der Waals surface area (Å²) in [6.07, 6.45) is 1.78. The van der Waals surface area contributed by atoms with E-state index in [1.54, 1.807) is 25.1 Å².